The minimum Gasteiger partial charge on any atom is -0.378 e. The number of aromatic amines is 1. The van der Waals surface area contributed by atoms with Crippen LogP contribution < -0.4 is 5.32 Å². The highest BCUT2D eigenvalue weighted by Gasteiger charge is 2.57. The lowest BCUT2D eigenvalue weighted by Crippen LogP contribution is -2.63. The normalized spacial score (nSPS) is 26.3. The molecule has 1 aromatic heterocycles. The van der Waals surface area contributed by atoms with E-state index in [1.54, 1.807) is 0 Å². The van der Waals surface area contributed by atoms with Gasteiger partial charge in [0.25, 0.3) is 0 Å². The summed E-state index contributed by atoms with van der Waals surface area (Å²) in [6, 6.07) is 0.294. The summed E-state index contributed by atoms with van der Waals surface area (Å²) < 4.78 is 5.94. The predicted molar refractivity (Wildman–Crippen MR) is 94.0 cm³/mol. The van der Waals surface area contributed by atoms with Crippen LogP contribution in [0.25, 0.3) is 0 Å². The van der Waals surface area contributed by atoms with Crippen molar-refractivity contribution in [1.29, 1.82) is 0 Å². The summed E-state index contributed by atoms with van der Waals surface area (Å²) in [5.41, 5.74) is 3.46. The van der Waals surface area contributed by atoms with Crippen molar-refractivity contribution in [3.63, 3.8) is 0 Å². The number of carbonyl (C=O) groups is 1. The van der Waals surface area contributed by atoms with Gasteiger partial charge in [0.1, 0.15) is 0 Å². The van der Waals surface area contributed by atoms with Gasteiger partial charge in [0.05, 0.1) is 11.8 Å². The van der Waals surface area contributed by atoms with Crippen LogP contribution >= 0.6 is 0 Å². The van der Waals surface area contributed by atoms with Gasteiger partial charge in [0.2, 0.25) is 5.91 Å². The maximum Gasteiger partial charge on any atom is 0.220 e. The molecule has 0 aromatic carbocycles. The van der Waals surface area contributed by atoms with Crippen LogP contribution in [0, 0.1) is 19.3 Å². The molecule has 2 aliphatic carbocycles. The molecule has 2 fully saturated rings. The number of aromatic nitrogens is 2. The number of ether oxygens (including phenoxy) is 1. The molecule has 134 valence electrons. The molecule has 1 aromatic rings. The van der Waals surface area contributed by atoms with Crippen molar-refractivity contribution < 1.29 is 9.53 Å². The summed E-state index contributed by atoms with van der Waals surface area (Å²) in [4.78, 5) is 12.6. The Morgan fingerprint density at radius 3 is 2.71 bits per heavy atom. The smallest absolute Gasteiger partial charge is 0.220 e. The number of nitrogens with zero attached hydrogens (tertiary/aromatic N) is 1. The number of aryl methyl sites for hydroxylation is 2. The van der Waals surface area contributed by atoms with Crippen LogP contribution in [0.2, 0.25) is 0 Å². The summed E-state index contributed by atoms with van der Waals surface area (Å²) in [5, 5.41) is 10.6. The van der Waals surface area contributed by atoms with Gasteiger partial charge in [-0.15, -0.1) is 0 Å². The Kier molecular flexibility index (Phi) is 5.00. The van der Waals surface area contributed by atoms with E-state index < -0.39 is 0 Å². The molecule has 5 nitrogen and oxygen atoms in total. The maximum absolute atomic E-state index is 12.6. The second-order valence-corrected chi connectivity index (χ2v) is 7.69. The third-order valence-electron chi connectivity index (χ3n) is 6.19. The Bertz CT molecular complexity index is 570. The SMILES string of the molecule is CCO[C@@H]1C[C@@H](NC(=O)C[C@H](C)c2c(C)n[nH]c2C)C12CCCC2. The summed E-state index contributed by atoms with van der Waals surface area (Å²) >= 11 is 0. The highest BCUT2D eigenvalue weighted by molar-refractivity contribution is 5.77. The van der Waals surface area contributed by atoms with Crippen molar-refractivity contribution in [3.05, 3.63) is 17.0 Å². The molecule has 0 unspecified atom stereocenters. The maximum atomic E-state index is 12.6. The van der Waals surface area contributed by atoms with Gasteiger partial charge < -0.3 is 10.1 Å². The topological polar surface area (TPSA) is 67.0 Å². The van der Waals surface area contributed by atoms with E-state index in [-0.39, 0.29) is 17.2 Å². The van der Waals surface area contributed by atoms with Gasteiger partial charge in [-0.2, -0.15) is 5.10 Å². The van der Waals surface area contributed by atoms with Crippen LogP contribution in [0.4, 0.5) is 0 Å². The van der Waals surface area contributed by atoms with Gasteiger partial charge in [-0.1, -0.05) is 19.8 Å². The zero-order valence-electron chi connectivity index (χ0n) is 15.4. The van der Waals surface area contributed by atoms with Gasteiger partial charge in [-0.25, -0.2) is 0 Å². The number of hydrogen-bond acceptors (Lipinski definition) is 3. The number of amides is 1. The second-order valence-electron chi connectivity index (χ2n) is 7.69. The number of carbonyl (C=O) groups excluding carboxylic acids is 1. The lowest BCUT2D eigenvalue weighted by Gasteiger charge is -2.54. The van der Waals surface area contributed by atoms with Gasteiger partial charge in [-0.3, -0.25) is 9.89 Å². The molecule has 1 spiro atoms. The molecule has 2 N–H and O–H groups in total. The van der Waals surface area contributed by atoms with E-state index in [0.717, 1.165) is 24.4 Å². The van der Waals surface area contributed by atoms with E-state index in [9.17, 15) is 4.79 Å². The Labute approximate surface area is 144 Å². The quantitative estimate of drug-likeness (QED) is 0.839. The van der Waals surface area contributed by atoms with Crippen LogP contribution in [-0.2, 0) is 9.53 Å². The lowest BCUT2D eigenvalue weighted by molar-refractivity contribution is -0.144. The molecular formula is C19H31N3O2. The largest absolute Gasteiger partial charge is 0.378 e. The van der Waals surface area contributed by atoms with Crippen molar-refractivity contribution in [2.75, 3.05) is 6.61 Å². The Morgan fingerprint density at radius 1 is 1.42 bits per heavy atom. The van der Waals surface area contributed by atoms with E-state index >= 15 is 0 Å². The highest BCUT2D eigenvalue weighted by atomic mass is 16.5. The van der Waals surface area contributed by atoms with Crippen molar-refractivity contribution in [2.24, 2.45) is 5.41 Å². The fraction of sp³-hybridized carbons (Fsp3) is 0.789. The molecular weight excluding hydrogens is 302 g/mol. The highest BCUT2D eigenvalue weighted by Crippen LogP contribution is 2.54. The van der Waals surface area contributed by atoms with Crippen LogP contribution in [0.5, 0.6) is 0 Å². The van der Waals surface area contributed by atoms with Gasteiger partial charge in [0.15, 0.2) is 0 Å². The molecule has 0 aliphatic heterocycles. The van der Waals surface area contributed by atoms with Crippen LogP contribution in [0.1, 0.15) is 75.2 Å². The average Bonchev–Trinajstić information content (AvgIpc) is 3.15. The van der Waals surface area contributed by atoms with E-state index in [2.05, 4.69) is 29.4 Å². The van der Waals surface area contributed by atoms with Crippen LogP contribution in [-0.4, -0.2) is 34.9 Å². The third-order valence-corrected chi connectivity index (χ3v) is 6.19. The molecule has 1 amide bonds. The van der Waals surface area contributed by atoms with E-state index in [4.69, 9.17) is 4.74 Å². The lowest BCUT2D eigenvalue weighted by atomic mass is 9.60. The fourth-order valence-electron chi connectivity index (χ4n) is 5.01. The van der Waals surface area contributed by atoms with Gasteiger partial charge in [0, 0.05) is 30.2 Å². The monoisotopic (exact) mass is 333 g/mol. The Morgan fingerprint density at radius 2 is 2.12 bits per heavy atom. The van der Waals surface area contributed by atoms with Gasteiger partial charge >= 0.3 is 0 Å². The molecule has 2 saturated carbocycles. The molecule has 0 radical (unpaired) electrons. The second kappa shape index (κ2) is 6.87. The number of hydrogen-bond donors (Lipinski definition) is 2. The van der Waals surface area contributed by atoms with E-state index in [0.29, 0.717) is 18.6 Å². The van der Waals surface area contributed by atoms with Crippen molar-refractivity contribution in [2.45, 2.75) is 84.3 Å². The first kappa shape index (κ1) is 17.5. The first-order valence-corrected chi connectivity index (χ1v) is 9.40. The molecule has 3 atom stereocenters. The van der Waals surface area contributed by atoms with Crippen LogP contribution in [0.3, 0.4) is 0 Å². The molecule has 5 heteroatoms. The summed E-state index contributed by atoms with van der Waals surface area (Å²) in [5.74, 6) is 0.347. The average molecular weight is 333 g/mol. The standard InChI is InChI=1S/C19H31N3O2/c1-5-24-16-11-15(19(16)8-6-7-9-19)20-17(23)10-12(2)18-13(3)21-22-14(18)4/h12,15-16H,5-11H2,1-4H3,(H,20,23)(H,21,22)/t12-,15+,16+/m0/s1. The number of nitrogens with one attached hydrogen (secondary N) is 2. The van der Waals surface area contributed by atoms with Crippen LogP contribution in [0.15, 0.2) is 0 Å². The first-order chi connectivity index (χ1) is 11.5. The number of rotatable bonds is 6. The Hall–Kier alpha value is -1.36. The Balaban J connectivity index is 1.59. The zero-order chi connectivity index (χ0) is 17.3. The molecule has 3 rings (SSSR count). The predicted octanol–water partition coefficient (Wildman–Crippen LogP) is 3.37. The van der Waals surface area contributed by atoms with Crippen molar-refractivity contribution in [3.8, 4) is 0 Å². The molecule has 0 saturated heterocycles. The molecule has 2 aliphatic rings. The summed E-state index contributed by atoms with van der Waals surface area (Å²) in [6.45, 7) is 8.96. The zero-order valence-corrected chi connectivity index (χ0v) is 15.4. The summed E-state index contributed by atoms with van der Waals surface area (Å²) in [7, 11) is 0. The third kappa shape index (κ3) is 2.99. The van der Waals surface area contributed by atoms with Gasteiger partial charge in [-0.05, 0) is 51.5 Å². The molecule has 1 heterocycles. The van der Waals surface area contributed by atoms with E-state index in [1.807, 2.05) is 13.8 Å². The first-order valence-electron chi connectivity index (χ1n) is 9.40. The van der Waals surface area contributed by atoms with E-state index in [1.165, 1.54) is 31.2 Å². The van der Waals surface area contributed by atoms with Crippen molar-refractivity contribution in [1.82, 2.24) is 15.5 Å². The minimum absolute atomic E-state index is 0.161. The molecule has 24 heavy (non-hydrogen) atoms. The summed E-state index contributed by atoms with van der Waals surface area (Å²) in [6.07, 6.45) is 6.74. The minimum atomic E-state index is 0.161. The van der Waals surface area contributed by atoms with Crippen molar-refractivity contribution >= 4 is 5.91 Å². The molecule has 0 bridgehead atoms. The fourth-order valence-corrected chi connectivity index (χ4v) is 5.01. The number of H-pyrrole nitrogens is 1.